The second-order valence-corrected chi connectivity index (χ2v) is 5.66. The Kier molecular flexibility index (Phi) is 4.62. The molecule has 1 heterocycles. The van der Waals surface area contributed by atoms with Crippen LogP contribution in [-0.4, -0.2) is 22.2 Å². The molecular weight excluding hydrogens is 302 g/mol. The summed E-state index contributed by atoms with van der Waals surface area (Å²) in [6.45, 7) is 3.53. The van der Waals surface area contributed by atoms with E-state index in [-0.39, 0.29) is 0 Å². The third-order valence-corrected chi connectivity index (χ3v) is 3.78. The molecule has 0 saturated carbocycles. The van der Waals surface area contributed by atoms with E-state index >= 15 is 0 Å². The summed E-state index contributed by atoms with van der Waals surface area (Å²) in [6.07, 6.45) is 0. The van der Waals surface area contributed by atoms with Crippen molar-refractivity contribution in [3.63, 3.8) is 0 Å². The zero-order valence-corrected chi connectivity index (χ0v) is 13.0. The number of primary amides is 2. The van der Waals surface area contributed by atoms with Crippen LogP contribution in [0.15, 0.2) is 24.3 Å². The van der Waals surface area contributed by atoms with Crippen molar-refractivity contribution in [2.75, 3.05) is 10.6 Å². The van der Waals surface area contributed by atoms with Crippen LogP contribution in [0.2, 0.25) is 0 Å². The van der Waals surface area contributed by atoms with Crippen molar-refractivity contribution < 1.29 is 9.59 Å². The quantitative estimate of drug-likeness (QED) is 0.643. The van der Waals surface area contributed by atoms with Crippen molar-refractivity contribution in [2.45, 2.75) is 19.9 Å². The van der Waals surface area contributed by atoms with E-state index in [0.29, 0.717) is 16.9 Å². The highest BCUT2D eigenvalue weighted by Gasteiger charge is 2.13. The molecule has 0 saturated heterocycles. The van der Waals surface area contributed by atoms with Crippen LogP contribution in [0.4, 0.5) is 16.4 Å². The van der Waals surface area contributed by atoms with Gasteiger partial charge < -0.3 is 22.1 Å². The number of rotatable bonds is 6. The van der Waals surface area contributed by atoms with Gasteiger partial charge in [-0.05, 0) is 49.6 Å². The monoisotopic (exact) mass is 319 g/mol. The average Bonchev–Trinajstić information content (AvgIpc) is 2.83. The molecule has 2 amide bonds. The Morgan fingerprint density at radius 3 is 2.55 bits per heavy atom. The summed E-state index contributed by atoms with van der Waals surface area (Å²) in [7, 11) is 0. The van der Waals surface area contributed by atoms with Crippen LogP contribution in [0.3, 0.4) is 0 Å². The third kappa shape index (κ3) is 3.73. The summed E-state index contributed by atoms with van der Waals surface area (Å²) in [5, 5.41) is 6.87. The molecule has 0 spiro atoms. The number of nitrogens with two attached hydrogens (primary N) is 2. The molecule has 2 rings (SSSR count). The Morgan fingerprint density at radius 2 is 2.00 bits per heavy atom. The van der Waals surface area contributed by atoms with Gasteiger partial charge in [0.25, 0.3) is 5.91 Å². The van der Waals surface area contributed by atoms with Crippen LogP contribution in [0.5, 0.6) is 0 Å². The van der Waals surface area contributed by atoms with Gasteiger partial charge in [-0.25, -0.2) is 0 Å². The number of carbonyl (C=O) groups is 2. The lowest BCUT2D eigenvalue weighted by Gasteiger charge is -2.15. The maximum absolute atomic E-state index is 11.5. The van der Waals surface area contributed by atoms with Crippen molar-refractivity contribution >= 4 is 39.7 Å². The summed E-state index contributed by atoms with van der Waals surface area (Å²) < 4.78 is 4.17. The summed E-state index contributed by atoms with van der Waals surface area (Å²) in [5.74, 6) is -1.01. The Labute approximate surface area is 131 Å². The number of aromatic nitrogens is 1. The van der Waals surface area contributed by atoms with Crippen LogP contribution < -0.4 is 22.1 Å². The maximum atomic E-state index is 11.5. The molecule has 0 radical (unpaired) electrons. The molecule has 0 aliphatic heterocycles. The van der Waals surface area contributed by atoms with Crippen LogP contribution in [0, 0.1) is 6.92 Å². The van der Waals surface area contributed by atoms with Gasteiger partial charge in [-0.2, -0.15) is 4.37 Å². The van der Waals surface area contributed by atoms with Crippen molar-refractivity contribution in [2.24, 2.45) is 11.5 Å². The molecular formula is C14H17N5O2S. The number of anilines is 3. The Morgan fingerprint density at radius 1 is 1.27 bits per heavy atom. The zero-order valence-electron chi connectivity index (χ0n) is 12.2. The lowest BCUT2D eigenvalue weighted by Crippen LogP contribution is -2.32. The lowest BCUT2D eigenvalue weighted by molar-refractivity contribution is -0.118. The fourth-order valence-corrected chi connectivity index (χ4v) is 2.50. The minimum atomic E-state index is -0.543. The Bertz CT molecular complexity index is 713. The molecule has 8 heteroatoms. The van der Waals surface area contributed by atoms with Crippen LogP contribution in [0.25, 0.3) is 0 Å². The molecule has 22 heavy (non-hydrogen) atoms. The largest absolute Gasteiger partial charge is 0.374 e. The Hall–Kier alpha value is -2.61. The first-order valence-corrected chi connectivity index (χ1v) is 7.34. The van der Waals surface area contributed by atoms with E-state index < -0.39 is 17.9 Å². The first-order chi connectivity index (χ1) is 10.4. The highest BCUT2D eigenvalue weighted by Crippen LogP contribution is 2.27. The summed E-state index contributed by atoms with van der Waals surface area (Å²) in [5.41, 5.74) is 13.0. The van der Waals surface area contributed by atoms with Crippen molar-refractivity contribution in [3.8, 4) is 0 Å². The SMILES string of the molecule is Cc1cc(Nc2cc(NC(C)C(N)=O)ccc2C(N)=O)sn1. The zero-order chi connectivity index (χ0) is 16.3. The number of hydrogen-bond acceptors (Lipinski definition) is 6. The van der Waals surface area contributed by atoms with Gasteiger partial charge in [0.05, 0.1) is 16.9 Å². The number of nitrogens with one attached hydrogen (secondary N) is 2. The van der Waals surface area contributed by atoms with Crippen molar-refractivity contribution in [1.29, 1.82) is 0 Å². The second kappa shape index (κ2) is 6.44. The number of nitrogens with zero attached hydrogens (tertiary/aromatic N) is 1. The van der Waals surface area contributed by atoms with Gasteiger partial charge >= 0.3 is 0 Å². The van der Waals surface area contributed by atoms with Gasteiger partial charge in [0.2, 0.25) is 5.91 Å². The second-order valence-electron chi connectivity index (χ2n) is 4.85. The lowest BCUT2D eigenvalue weighted by atomic mass is 10.1. The van der Waals surface area contributed by atoms with E-state index in [1.54, 1.807) is 25.1 Å². The van der Waals surface area contributed by atoms with Gasteiger partial charge in [-0.1, -0.05) is 0 Å². The summed E-state index contributed by atoms with van der Waals surface area (Å²) >= 11 is 1.28. The standard InChI is InChI=1S/C14H17N5O2S/c1-7-5-12(22-19-7)18-11-6-9(17-8(2)13(15)20)3-4-10(11)14(16)21/h3-6,8,17-18H,1-2H3,(H2,15,20)(H2,16,21). The van der Waals surface area contributed by atoms with Crippen molar-refractivity contribution in [1.82, 2.24) is 4.37 Å². The summed E-state index contributed by atoms with van der Waals surface area (Å²) in [4.78, 5) is 22.7. The van der Waals surface area contributed by atoms with Gasteiger partial charge in [-0.3, -0.25) is 9.59 Å². The highest BCUT2D eigenvalue weighted by atomic mass is 32.1. The molecule has 0 bridgehead atoms. The van der Waals surface area contributed by atoms with Crippen molar-refractivity contribution in [3.05, 3.63) is 35.5 Å². The molecule has 0 aliphatic rings. The molecule has 0 fully saturated rings. The molecule has 6 N–H and O–H groups in total. The molecule has 0 aliphatic carbocycles. The minimum Gasteiger partial charge on any atom is -0.374 e. The van der Waals surface area contributed by atoms with Gasteiger partial charge in [0.1, 0.15) is 11.0 Å². The smallest absolute Gasteiger partial charge is 0.250 e. The predicted molar refractivity (Wildman–Crippen MR) is 87.4 cm³/mol. The molecule has 1 aromatic heterocycles. The number of carbonyl (C=O) groups excluding carboxylic acids is 2. The van der Waals surface area contributed by atoms with E-state index in [0.717, 1.165) is 10.7 Å². The van der Waals surface area contributed by atoms with Crippen LogP contribution >= 0.6 is 11.5 Å². The number of hydrogen-bond donors (Lipinski definition) is 4. The normalized spacial score (nSPS) is 11.7. The highest BCUT2D eigenvalue weighted by molar-refractivity contribution is 7.10. The molecule has 7 nitrogen and oxygen atoms in total. The number of amides is 2. The predicted octanol–water partition coefficient (Wildman–Crippen LogP) is 1.58. The molecule has 116 valence electrons. The van der Waals surface area contributed by atoms with E-state index in [9.17, 15) is 9.59 Å². The van der Waals surface area contributed by atoms with Crippen LogP contribution in [-0.2, 0) is 4.79 Å². The van der Waals surface area contributed by atoms with Gasteiger partial charge in [0, 0.05) is 5.69 Å². The first-order valence-electron chi connectivity index (χ1n) is 6.57. The first kappa shape index (κ1) is 15.8. The van der Waals surface area contributed by atoms with E-state index in [2.05, 4.69) is 15.0 Å². The molecule has 2 aromatic rings. The fraction of sp³-hybridized carbons (Fsp3) is 0.214. The average molecular weight is 319 g/mol. The van der Waals surface area contributed by atoms with E-state index in [1.807, 2.05) is 13.0 Å². The van der Waals surface area contributed by atoms with Gasteiger partial charge in [0.15, 0.2) is 0 Å². The van der Waals surface area contributed by atoms with Crippen LogP contribution in [0.1, 0.15) is 23.0 Å². The maximum Gasteiger partial charge on any atom is 0.250 e. The van der Waals surface area contributed by atoms with Gasteiger partial charge in [-0.15, -0.1) is 0 Å². The topological polar surface area (TPSA) is 123 Å². The third-order valence-electron chi connectivity index (χ3n) is 2.98. The molecule has 1 aromatic carbocycles. The minimum absolute atomic E-state index is 0.350. The fourth-order valence-electron chi connectivity index (χ4n) is 1.83. The summed E-state index contributed by atoms with van der Waals surface area (Å²) in [6, 6.07) is 6.30. The number of aryl methyl sites for hydroxylation is 1. The molecule has 1 atom stereocenters. The number of benzene rings is 1. The van der Waals surface area contributed by atoms with E-state index in [1.165, 1.54) is 11.5 Å². The van der Waals surface area contributed by atoms with E-state index in [4.69, 9.17) is 11.5 Å². The Balaban J connectivity index is 2.31. The molecule has 1 unspecified atom stereocenters.